The molecule has 0 bridgehead atoms. The van der Waals surface area contributed by atoms with Crippen LogP contribution in [0.25, 0.3) is 11.5 Å². The van der Waals surface area contributed by atoms with E-state index in [0.29, 0.717) is 36.5 Å². The van der Waals surface area contributed by atoms with Gasteiger partial charge in [-0.05, 0) is 52.4 Å². The Morgan fingerprint density at radius 3 is 2.75 bits per heavy atom. The van der Waals surface area contributed by atoms with Crippen molar-refractivity contribution in [3.05, 3.63) is 47.4 Å². The van der Waals surface area contributed by atoms with Crippen LogP contribution in [0.1, 0.15) is 54.8 Å². The molecule has 166 valence electrons. The zero-order chi connectivity index (χ0) is 22.4. The van der Waals surface area contributed by atoms with E-state index in [2.05, 4.69) is 41.2 Å². The second-order valence-electron chi connectivity index (χ2n) is 8.74. The number of anilines is 2. The van der Waals surface area contributed by atoms with Crippen molar-refractivity contribution in [1.82, 2.24) is 30.0 Å². The summed E-state index contributed by atoms with van der Waals surface area (Å²) in [4.78, 5) is 27.1. The van der Waals surface area contributed by atoms with Gasteiger partial charge in [0.15, 0.2) is 5.82 Å². The molecule has 3 aromatic rings. The number of fused-ring (bicyclic) bond motifs is 1. The number of aromatic nitrogens is 5. The van der Waals surface area contributed by atoms with Crippen LogP contribution < -0.4 is 15.1 Å². The van der Waals surface area contributed by atoms with E-state index in [9.17, 15) is 4.79 Å². The van der Waals surface area contributed by atoms with Crippen molar-refractivity contribution >= 4 is 17.5 Å². The Bertz CT molecular complexity index is 1170. The van der Waals surface area contributed by atoms with E-state index in [1.165, 1.54) is 0 Å². The van der Waals surface area contributed by atoms with E-state index in [0.717, 1.165) is 35.6 Å². The zero-order valence-electron chi connectivity index (χ0n) is 18.9. The second kappa shape index (κ2) is 7.98. The normalized spacial score (nSPS) is 17.8. The average molecular weight is 433 g/mol. The van der Waals surface area contributed by atoms with Crippen LogP contribution >= 0.6 is 0 Å². The second-order valence-corrected chi connectivity index (χ2v) is 8.74. The van der Waals surface area contributed by atoms with Crippen LogP contribution in [-0.4, -0.2) is 50.3 Å². The van der Waals surface area contributed by atoms with Crippen molar-refractivity contribution in [1.29, 1.82) is 0 Å². The number of nitrogens with one attached hydrogen (secondary N) is 1. The highest BCUT2D eigenvalue weighted by Crippen LogP contribution is 2.34. The molecular weight excluding hydrogens is 404 g/mol. The molecule has 0 radical (unpaired) electrons. The zero-order valence-corrected chi connectivity index (χ0v) is 18.9. The van der Waals surface area contributed by atoms with Crippen molar-refractivity contribution in [3.8, 4) is 11.5 Å². The summed E-state index contributed by atoms with van der Waals surface area (Å²) in [5.41, 5.74) is 3.31. The van der Waals surface area contributed by atoms with Crippen LogP contribution in [-0.2, 0) is 13.1 Å². The molecule has 5 heterocycles. The van der Waals surface area contributed by atoms with Gasteiger partial charge in [-0.3, -0.25) is 9.69 Å². The van der Waals surface area contributed by atoms with E-state index in [1.807, 2.05) is 35.9 Å². The van der Waals surface area contributed by atoms with Gasteiger partial charge in [-0.25, -0.2) is 9.97 Å². The summed E-state index contributed by atoms with van der Waals surface area (Å²) in [6, 6.07) is 8.29. The topological polar surface area (TPSA) is 92.1 Å². The third kappa shape index (κ3) is 3.33. The third-order valence-electron chi connectivity index (χ3n) is 6.32. The van der Waals surface area contributed by atoms with Gasteiger partial charge in [-0.2, -0.15) is 0 Å². The predicted molar refractivity (Wildman–Crippen MR) is 123 cm³/mol. The summed E-state index contributed by atoms with van der Waals surface area (Å²) in [6.07, 6.45) is 2.86. The summed E-state index contributed by atoms with van der Waals surface area (Å²) in [5.74, 6) is 2.15. The third-order valence-corrected chi connectivity index (χ3v) is 6.32. The molecule has 32 heavy (non-hydrogen) atoms. The first kappa shape index (κ1) is 20.6. The Kier molecular flexibility index (Phi) is 5.13. The number of amides is 1. The molecule has 9 heteroatoms. The Hall–Kier alpha value is -3.33. The fraction of sp³-hybridized carbons (Fsp3) is 0.435. The molecular formula is C23H28N8O. The molecule has 2 aliphatic rings. The number of nitrogens with zero attached hydrogens (tertiary/aromatic N) is 7. The largest absolute Gasteiger partial charge is 0.354 e. The van der Waals surface area contributed by atoms with E-state index in [4.69, 9.17) is 9.97 Å². The maximum atomic E-state index is 13.5. The molecule has 1 unspecified atom stereocenters. The van der Waals surface area contributed by atoms with Gasteiger partial charge in [0.1, 0.15) is 23.7 Å². The Labute approximate surface area is 187 Å². The quantitative estimate of drug-likeness (QED) is 0.640. The number of carbonyl (C=O) groups excluding carboxylic acids is 1. The van der Waals surface area contributed by atoms with Crippen molar-refractivity contribution in [2.45, 2.75) is 52.4 Å². The maximum Gasteiger partial charge on any atom is 0.260 e. The first-order valence-electron chi connectivity index (χ1n) is 11.1. The lowest BCUT2D eigenvalue weighted by molar-refractivity contribution is 0.0996. The fourth-order valence-electron chi connectivity index (χ4n) is 4.36. The minimum atomic E-state index is -0.0378. The predicted octanol–water partition coefficient (Wildman–Crippen LogP) is 2.79. The molecule has 0 saturated carbocycles. The molecule has 1 N–H and O–H groups in total. The first-order valence-corrected chi connectivity index (χ1v) is 11.1. The lowest BCUT2D eigenvalue weighted by Crippen LogP contribution is -2.46. The van der Waals surface area contributed by atoms with E-state index in [1.54, 1.807) is 11.2 Å². The van der Waals surface area contributed by atoms with Crippen LogP contribution in [0.3, 0.4) is 0 Å². The number of rotatable bonds is 6. The summed E-state index contributed by atoms with van der Waals surface area (Å²) in [6.45, 7) is 8.39. The molecule has 1 atom stereocenters. The molecule has 0 aromatic carbocycles. The van der Waals surface area contributed by atoms with Crippen molar-refractivity contribution in [3.63, 3.8) is 0 Å². The van der Waals surface area contributed by atoms with Gasteiger partial charge in [-0.15, -0.1) is 10.2 Å². The number of carbonyl (C=O) groups is 1. The molecule has 1 fully saturated rings. The van der Waals surface area contributed by atoms with E-state index in [-0.39, 0.29) is 11.9 Å². The molecule has 0 spiro atoms. The highest BCUT2D eigenvalue weighted by Gasteiger charge is 2.35. The van der Waals surface area contributed by atoms with Crippen molar-refractivity contribution in [2.24, 2.45) is 0 Å². The Morgan fingerprint density at radius 1 is 1.22 bits per heavy atom. The highest BCUT2D eigenvalue weighted by atomic mass is 16.2. The van der Waals surface area contributed by atoms with Crippen LogP contribution in [0, 0.1) is 0 Å². The van der Waals surface area contributed by atoms with Crippen LogP contribution in [0.15, 0.2) is 30.6 Å². The molecule has 5 rings (SSSR count). The molecule has 1 saturated heterocycles. The minimum Gasteiger partial charge on any atom is -0.354 e. The van der Waals surface area contributed by atoms with Gasteiger partial charge < -0.3 is 14.8 Å². The maximum absolute atomic E-state index is 13.5. The van der Waals surface area contributed by atoms with Crippen LogP contribution in [0.5, 0.6) is 0 Å². The van der Waals surface area contributed by atoms with E-state index >= 15 is 0 Å². The van der Waals surface area contributed by atoms with Gasteiger partial charge in [0, 0.05) is 30.7 Å². The smallest absolute Gasteiger partial charge is 0.260 e. The highest BCUT2D eigenvalue weighted by molar-refractivity contribution is 6.10. The van der Waals surface area contributed by atoms with Gasteiger partial charge >= 0.3 is 0 Å². The summed E-state index contributed by atoms with van der Waals surface area (Å²) in [5, 5.41) is 11.5. The number of pyridine rings is 2. The monoisotopic (exact) mass is 432 g/mol. The van der Waals surface area contributed by atoms with Crippen LogP contribution in [0.2, 0.25) is 0 Å². The fourth-order valence-corrected chi connectivity index (χ4v) is 4.36. The summed E-state index contributed by atoms with van der Waals surface area (Å²) >= 11 is 0. The standard InChI is InChI=1S/C23H28N8O/c1-14(2)31-13-25-28-22(31)18-6-5-7-20(26-18)30-12-17-16(23(30)32)10-21(27-19(17)11-24-4)29-9-8-15(29)3/h5-7,10,13-15,24H,8-9,11-12H2,1-4H3. The molecule has 0 aliphatic carbocycles. The van der Waals surface area contributed by atoms with Crippen molar-refractivity contribution < 1.29 is 4.79 Å². The average Bonchev–Trinajstić information content (AvgIpc) is 3.39. The Morgan fingerprint density at radius 2 is 2.06 bits per heavy atom. The first-order chi connectivity index (χ1) is 15.5. The SMILES string of the molecule is CNCc1nc(N2CCC2C)cc2c1CN(c1cccc(-c3nncn3C(C)C)n1)C2=O. The minimum absolute atomic E-state index is 0.0378. The van der Waals surface area contributed by atoms with E-state index < -0.39 is 0 Å². The van der Waals surface area contributed by atoms with Crippen molar-refractivity contribution in [2.75, 3.05) is 23.4 Å². The van der Waals surface area contributed by atoms with Gasteiger partial charge in [-0.1, -0.05) is 6.07 Å². The van der Waals surface area contributed by atoms with Gasteiger partial charge in [0.25, 0.3) is 5.91 Å². The summed E-state index contributed by atoms with van der Waals surface area (Å²) < 4.78 is 1.97. The molecule has 9 nitrogen and oxygen atoms in total. The lowest BCUT2D eigenvalue weighted by atomic mass is 10.0. The van der Waals surface area contributed by atoms with Gasteiger partial charge in [0.05, 0.1) is 17.8 Å². The molecule has 1 amide bonds. The molecule has 3 aromatic heterocycles. The van der Waals surface area contributed by atoms with Crippen LogP contribution in [0.4, 0.5) is 11.6 Å². The number of hydrogen-bond donors (Lipinski definition) is 1. The summed E-state index contributed by atoms with van der Waals surface area (Å²) in [7, 11) is 1.90. The number of hydrogen-bond acceptors (Lipinski definition) is 7. The lowest BCUT2D eigenvalue weighted by Gasteiger charge is -2.40. The molecule has 2 aliphatic heterocycles. The van der Waals surface area contributed by atoms with Gasteiger partial charge in [0.2, 0.25) is 0 Å². The Balaban J connectivity index is 1.51.